The normalized spacial score (nSPS) is 20.4. The van der Waals surface area contributed by atoms with E-state index in [9.17, 15) is 9.59 Å². The predicted molar refractivity (Wildman–Crippen MR) is 162 cm³/mol. The molecular formula is C32H32ClN5O6. The minimum atomic E-state index is -0.275. The van der Waals surface area contributed by atoms with Gasteiger partial charge in [0.2, 0.25) is 0 Å². The van der Waals surface area contributed by atoms with Crippen LogP contribution in [0.25, 0.3) is 22.0 Å². The van der Waals surface area contributed by atoms with Gasteiger partial charge >= 0.3 is 12.1 Å². The molecule has 2 aromatic heterocycles. The van der Waals surface area contributed by atoms with Gasteiger partial charge < -0.3 is 23.8 Å². The molecule has 3 aliphatic rings. The Labute approximate surface area is 258 Å². The summed E-state index contributed by atoms with van der Waals surface area (Å²) in [6.07, 6.45) is 5.85. The summed E-state index contributed by atoms with van der Waals surface area (Å²) >= 11 is 6.07. The number of aryl methyl sites for hydroxylation is 1. The first kappa shape index (κ1) is 28.5. The summed E-state index contributed by atoms with van der Waals surface area (Å²) in [5.41, 5.74) is 2.75. The molecule has 4 aromatic rings. The maximum atomic E-state index is 13.9. The number of halogens is 1. The van der Waals surface area contributed by atoms with Gasteiger partial charge in [-0.25, -0.2) is 19.7 Å². The van der Waals surface area contributed by atoms with Crippen molar-refractivity contribution in [1.29, 1.82) is 0 Å². The molecule has 44 heavy (non-hydrogen) atoms. The maximum absolute atomic E-state index is 13.9. The zero-order valence-corrected chi connectivity index (χ0v) is 25.0. The molecule has 1 amide bonds. The second kappa shape index (κ2) is 12.0. The third-order valence-electron chi connectivity index (χ3n) is 8.47. The average Bonchev–Trinajstić information content (AvgIpc) is 3.41. The Morgan fingerprint density at radius 2 is 1.77 bits per heavy atom. The van der Waals surface area contributed by atoms with Crippen LogP contribution in [0.1, 0.15) is 37.1 Å². The van der Waals surface area contributed by atoms with Crippen molar-refractivity contribution < 1.29 is 23.7 Å². The summed E-state index contributed by atoms with van der Waals surface area (Å²) in [7, 11) is 0. The highest BCUT2D eigenvalue weighted by atomic mass is 35.5. The Bertz CT molecular complexity index is 1740. The van der Waals surface area contributed by atoms with Crippen molar-refractivity contribution in [2.45, 2.75) is 57.4 Å². The van der Waals surface area contributed by atoms with Gasteiger partial charge in [0.25, 0.3) is 5.56 Å². The minimum absolute atomic E-state index is 0.0219. The van der Waals surface area contributed by atoms with E-state index in [-0.39, 0.29) is 29.9 Å². The summed E-state index contributed by atoms with van der Waals surface area (Å²) in [6, 6.07) is 11.3. The molecule has 3 fully saturated rings. The number of carbonyl (C=O) groups is 1. The Hall–Kier alpha value is -4.22. The van der Waals surface area contributed by atoms with Crippen molar-refractivity contribution in [3.05, 3.63) is 75.6 Å². The van der Waals surface area contributed by atoms with Gasteiger partial charge in [0, 0.05) is 60.8 Å². The van der Waals surface area contributed by atoms with Crippen LogP contribution in [0, 0.1) is 6.92 Å². The van der Waals surface area contributed by atoms with E-state index in [1.54, 1.807) is 40.1 Å². The van der Waals surface area contributed by atoms with Crippen LogP contribution in [-0.2, 0) is 16.0 Å². The molecule has 0 saturated carbocycles. The highest BCUT2D eigenvalue weighted by Crippen LogP contribution is 2.36. The number of hydrogen-bond donors (Lipinski definition) is 0. The minimum Gasteiger partial charge on any atom is -0.490 e. The Balaban J connectivity index is 1.24. The van der Waals surface area contributed by atoms with Crippen LogP contribution in [0.3, 0.4) is 0 Å². The van der Waals surface area contributed by atoms with Crippen molar-refractivity contribution in [2.24, 2.45) is 0 Å². The lowest BCUT2D eigenvalue weighted by molar-refractivity contribution is 0.0217. The second-order valence-electron chi connectivity index (χ2n) is 11.4. The lowest BCUT2D eigenvalue weighted by Crippen LogP contribution is -2.44. The van der Waals surface area contributed by atoms with Crippen LogP contribution in [0.5, 0.6) is 11.8 Å². The first-order valence-electron chi connectivity index (χ1n) is 14.9. The van der Waals surface area contributed by atoms with E-state index in [0.29, 0.717) is 84.8 Å². The van der Waals surface area contributed by atoms with Crippen LogP contribution in [0.15, 0.2) is 53.6 Å². The number of cyclic esters (lactones) is 1. The van der Waals surface area contributed by atoms with Crippen molar-refractivity contribution in [3.63, 3.8) is 0 Å². The number of benzene rings is 2. The largest absolute Gasteiger partial charge is 0.490 e. The van der Waals surface area contributed by atoms with E-state index in [4.69, 9.17) is 35.5 Å². The number of fused-ring (bicyclic) bond motifs is 2. The van der Waals surface area contributed by atoms with E-state index in [1.807, 2.05) is 25.1 Å². The van der Waals surface area contributed by atoms with E-state index >= 15 is 0 Å². The van der Waals surface area contributed by atoms with Gasteiger partial charge in [0.1, 0.15) is 30.4 Å². The number of nitrogens with zero attached hydrogens (tertiary/aromatic N) is 5. The number of hydrogen-bond acceptors (Lipinski definition) is 9. The number of ether oxygens (including phenoxy) is 4. The number of piperidine rings is 1. The van der Waals surface area contributed by atoms with Crippen LogP contribution < -0.4 is 15.0 Å². The second-order valence-corrected chi connectivity index (χ2v) is 11.9. The van der Waals surface area contributed by atoms with E-state index < -0.39 is 0 Å². The molecule has 0 N–H and O–H groups in total. The van der Waals surface area contributed by atoms with Crippen LogP contribution in [0.2, 0.25) is 5.02 Å². The molecule has 2 aromatic carbocycles. The van der Waals surface area contributed by atoms with Crippen molar-refractivity contribution >= 4 is 28.6 Å². The molecule has 228 valence electrons. The number of aromatic nitrogens is 4. The van der Waals surface area contributed by atoms with Gasteiger partial charge in [-0.15, -0.1) is 0 Å². The first-order valence-corrected chi connectivity index (χ1v) is 15.3. The SMILES string of the molecule is Cc1nc2cc(-c3cnc(OC4CCOCC4)nc3)c(O[C@H]3CCN4C(=O)OC[C@@H]4C3)cc2c(=O)n1Cc1ccc(Cl)cc1. The molecule has 0 spiro atoms. The van der Waals surface area contributed by atoms with Crippen LogP contribution in [-0.4, -0.2) is 75.1 Å². The molecule has 7 rings (SSSR count). The first-order chi connectivity index (χ1) is 21.4. The zero-order chi connectivity index (χ0) is 30.2. The zero-order valence-electron chi connectivity index (χ0n) is 24.3. The Morgan fingerprint density at radius 3 is 2.55 bits per heavy atom. The summed E-state index contributed by atoms with van der Waals surface area (Å²) in [4.78, 5) is 41.4. The lowest BCUT2D eigenvalue weighted by atomic mass is 10.00. The maximum Gasteiger partial charge on any atom is 0.410 e. The number of rotatable bonds is 7. The Morgan fingerprint density at radius 1 is 1.00 bits per heavy atom. The molecule has 11 nitrogen and oxygen atoms in total. The van der Waals surface area contributed by atoms with Gasteiger partial charge in [-0.1, -0.05) is 23.7 Å². The highest BCUT2D eigenvalue weighted by Gasteiger charge is 2.39. The average molecular weight is 618 g/mol. The van der Waals surface area contributed by atoms with Gasteiger partial charge in [-0.3, -0.25) is 9.36 Å². The van der Waals surface area contributed by atoms with E-state index in [0.717, 1.165) is 24.0 Å². The highest BCUT2D eigenvalue weighted by molar-refractivity contribution is 6.30. The van der Waals surface area contributed by atoms with E-state index in [1.165, 1.54) is 0 Å². The van der Waals surface area contributed by atoms with E-state index in [2.05, 4.69) is 9.97 Å². The van der Waals surface area contributed by atoms with Gasteiger partial charge in [0.15, 0.2) is 0 Å². The summed E-state index contributed by atoms with van der Waals surface area (Å²) < 4.78 is 24.9. The summed E-state index contributed by atoms with van der Waals surface area (Å²) in [6.45, 7) is 4.41. The summed E-state index contributed by atoms with van der Waals surface area (Å²) in [5.74, 6) is 1.12. The van der Waals surface area contributed by atoms with Gasteiger partial charge in [-0.05, 0) is 36.8 Å². The topological polar surface area (TPSA) is 118 Å². The third-order valence-corrected chi connectivity index (χ3v) is 8.73. The fraction of sp³-hybridized carbons (Fsp3) is 0.406. The van der Waals surface area contributed by atoms with Crippen molar-refractivity contribution in [3.8, 4) is 22.9 Å². The molecule has 0 radical (unpaired) electrons. The summed E-state index contributed by atoms with van der Waals surface area (Å²) in [5, 5.41) is 1.08. The lowest BCUT2D eigenvalue weighted by Gasteiger charge is -2.33. The predicted octanol–water partition coefficient (Wildman–Crippen LogP) is 4.78. The monoisotopic (exact) mass is 617 g/mol. The molecule has 0 unspecified atom stereocenters. The standard InChI is InChI=1S/C32H32ClN5O6/c1-19-36-28-13-26(21-15-34-31(35-16-21)44-24-7-10-41-11-8-24)29(43-25-6-9-37-23(12-25)18-42-32(37)40)14-27(28)30(39)38(19)17-20-2-4-22(33)5-3-20/h2-5,13-16,23-25H,6-12,17-18H2,1H3/t23-,25-/m0/s1. The van der Waals surface area contributed by atoms with Crippen LogP contribution in [0.4, 0.5) is 4.79 Å². The molecule has 0 aliphatic carbocycles. The molecule has 3 aliphatic heterocycles. The Kier molecular flexibility index (Phi) is 7.82. The van der Waals surface area contributed by atoms with Gasteiger partial charge in [0.05, 0.1) is 36.7 Å². The number of carbonyl (C=O) groups excluding carboxylic acids is 1. The molecule has 5 heterocycles. The molecule has 12 heteroatoms. The van der Waals surface area contributed by atoms with Crippen molar-refractivity contribution in [1.82, 2.24) is 24.4 Å². The third kappa shape index (κ3) is 5.81. The smallest absolute Gasteiger partial charge is 0.410 e. The van der Waals surface area contributed by atoms with Crippen LogP contribution >= 0.6 is 11.6 Å². The van der Waals surface area contributed by atoms with Gasteiger partial charge in [-0.2, -0.15) is 0 Å². The molecular weight excluding hydrogens is 586 g/mol. The molecule has 3 saturated heterocycles. The molecule has 2 atom stereocenters. The number of amides is 1. The van der Waals surface area contributed by atoms with Crippen molar-refractivity contribution in [2.75, 3.05) is 26.4 Å². The fourth-order valence-corrected chi connectivity index (χ4v) is 6.18. The fourth-order valence-electron chi connectivity index (χ4n) is 6.05. The molecule has 0 bridgehead atoms. The quantitative estimate of drug-likeness (QED) is 0.289.